The van der Waals surface area contributed by atoms with Crippen LogP contribution in [-0.2, 0) is 4.74 Å². The molecule has 1 amide bonds. The molecule has 0 aliphatic carbocycles. The number of carbonyl (C=O) groups excluding carboxylic acids is 1. The molecule has 0 aliphatic rings. The van der Waals surface area contributed by atoms with Crippen LogP contribution in [0.5, 0.6) is 0 Å². The molecule has 0 radical (unpaired) electrons. The van der Waals surface area contributed by atoms with Gasteiger partial charge in [-0.2, -0.15) is 0 Å². The fraction of sp³-hybridized carbons (Fsp3) is 0.533. The van der Waals surface area contributed by atoms with Gasteiger partial charge in [0.1, 0.15) is 10.7 Å². The number of hydrogen-bond acceptors (Lipinski definition) is 5. The van der Waals surface area contributed by atoms with Gasteiger partial charge in [0, 0.05) is 13.2 Å². The number of nitrogens with one attached hydrogen (secondary N) is 2. The van der Waals surface area contributed by atoms with Crippen LogP contribution in [0.2, 0.25) is 0 Å². The third kappa shape index (κ3) is 3.72. The molecule has 2 heterocycles. The zero-order valence-electron chi connectivity index (χ0n) is 13.3. The van der Waals surface area contributed by atoms with Gasteiger partial charge in [0.05, 0.1) is 16.4 Å². The second kappa shape index (κ2) is 7.02. The van der Waals surface area contributed by atoms with Crippen LogP contribution in [0.15, 0.2) is 4.79 Å². The number of nitrogens with zero attached hydrogens (tertiary/aromatic N) is 1. The van der Waals surface area contributed by atoms with E-state index in [1.807, 2.05) is 13.8 Å². The van der Waals surface area contributed by atoms with Gasteiger partial charge < -0.3 is 15.0 Å². The predicted molar refractivity (Wildman–Crippen MR) is 87.8 cm³/mol. The van der Waals surface area contributed by atoms with E-state index in [0.29, 0.717) is 39.6 Å². The number of hydrogen-bond donors (Lipinski definition) is 2. The Kier molecular flexibility index (Phi) is 5.31. The molecule has 0 saturated heterocycles. The predicted octanol–water partition coefficient (Wildman–Crippen LogP) is 2.15. The maximum Gasteiger partial charge on any atom is 0.261 e. The van der Waals surface area contributed by atoms with Gasteiger partial charge in [0.15, 0.2) is 0 Å². The summed E-state index contributed by atoms with van der Waals surface area (Å²) in [5.74, 6) is 0.388. The van der Waals surface area contributed by atoms with Crippen LogP contribution in [0.1, 0.15) is 41.3 Å². The molecule has 0 bridgehead atoms. The number of H-pyrrole nitrogens is 1. The van der Waals surface area contributed by atoms with Crippen molar-refractivity contribution in [1.82, 2.24) is 15.3 Å². The van der Waals surface area contributed by atoms with Crippen LogP contribution in [-0.4, -0.2) is 35.1 Å². The molecule has 2 N–H and O–H groups in total. The molecule has 2 rings (SSSR count). The zero-order chi connectivity index (χ0) is 16.3. The van der Waals surface area contributed by atoms with Gasteiger partial charge in [-0.25, -0.2) is 4.98 Å². The standard InChI is InChI=1S/C15H21N3O3S/c1-8(2)21-7-5-6-16-14(20)12-9(3)11-13(19)17-10(4)18-15(11)22-12/h8H,5-7H2,1-4H3,(H,16,20)(H,17,18,19). The van der Waals surface area contributed by atoms with Crippen LogP contribution in [0.3, 0.4) is 0 Å². The number of aromatic nitrogens is 2. The highest BCUT2D eigenvalue weighted by atomic mass is 32.1. The topological polar surface area (TPSA) is 84.1 Å². The SMILES string of the molecule is Cc1nc2sc(C(=O)NCCCOC(C)C)c(C)c2c(=O)[nH]1. The van der Waals surface area contributed by atoms with Gasteiger partial charge in [-0.05, 0) is 39.7 Å². The molecular weight excluding hydrogens is 302 g/mol. The molecule has 2 aromatic heterocycles. The number of rotatable bonds is 6. The van der Waals surface area contributed by atoms with Crippen molar-refractivity contribution in [2.75, 3.05) is 13.2 Å². The monoisotopic (exact) mass is 323 g/mol. The third-order valence-electron chi connectivity index (χ3n) is 3.18. The molecule has 0 saturated carbocycles. The normalized spacial score (nSPS) is 11.3. The minimum Gasteiger partial charge on any atom is -0.379 e. The Morgan fingerprint density at radius 2 is 2.14 bits per heavy atom. The van der Waals surface area contributed by atoms with Crippen LogP contribution in [0.4, 0.5) is 0 Å². The zero-order valence-corrected chi connectivity index (χ0v) is 14.1. The number of aryl methyl sites for hydroxylation is 2. The Morgan fingerprint density at radius 1 is 1.41 bits per heavy atom. The van der Waals surface area contributed by atoms with Crippen LogP contribution >= 0.6 is 11.3 Å². The highest BCUT2D eigenvalue weighted by molar-refractivity contribution is 7.20. The van der Waals surface area contributed by atoms with Gasteiger partial charge in [0.2, 0.25) is 0 Å². The molecule has 120 valence electrons. The van der Waals surface area contributed by atoms with E-state index < -0.39 is 0 Å². The number of ether oxygens (including phenoxy) is 1. The van der Waals surface area contributed by atoms with E-state index in [1.165, 1.54) is 11.3 Å². The van der Waals surface area contributed by atoms with Crippen molar-refractivity contribution < 1.29 is 9.53 Å². The van der Waals surface area contributed by atoms with Crippen molar-refractivity contribution >= 4 is 27.5 Å². The summed E-state index contributed by atoms with van der Waals surface area (Å²) in [5, 5.41) is 3.36. The Bertz CT molecular complexity index is 733. The van der Waals surface area contributed by atoms with Crippen molar-refractivity contribution in [3.8, 4) is 0 Å². The fourth-order valence-corrected chi connectivity index (χ4v) is 3.29. The van der Waals surface area contributed by atoms with Gasteiger partial charge in [-0.15, -0.1) is 11.3 Å². The molecule has 6 nitrogen and oxygen atoms in total. The first-order valence-corrected chi connectivity index (χ1v) is 8.11. The minimum absolute atomic E-state index is 0.165. The highest BCUT2D eigenvalue weighted by Crippen LogP contribution is 2.26. The van der Waals surface area contributed by atoms with E-state index in [1.54, 1.807) is 13.8 Å². The first-order chi connectivity index (χ1) is 10.4. The van der Waals surface area contributed by atoms with E-state index in [0.717, 1.165) is 6.42 Å². The van der Waals surface area contributed by atoms with Crippen molar-refractivity contribution in [3.63, 3.8) is 0 Å². The van der Waals surface area contributed by atoms with E-state index in [9.17, 15) is 9.59 Å². The maximum absolute atomic E-state index is 12.2. The quantitative estimate of drug-likeness (QED) is 0.798. The Hall–Kier alpha value is -1.73. The highest BCUT2D eigenvalue weighted by Gasteiger charge is 2.18. The number of fused-ring (bicyclic) bond motifs is 1. The molecule has 0 atom stereocenters. The first-order valence-electron chi connectivity index (χ1n) is 7.30. The van der Waals surface area contributed by atoms with Crippen molar-refractivity contribution in [2.24, 2.45) is 0 Å². The van der Waals surface area contributed by atoms with Gasteiger partial charge in [-0.1, -0.05) is 0 Å². The summed E-state index contributed by atoms with van der Waals surface area (Å²) in [6.07, 6.45) is 0.952. The molecule has 2 aromatic rings. The summed E-state index contributed by atoms with van der Waals surface area (Å²) in [5.41, 5.74) is 0.491. The Balaban J connectivity index is 2.07. The Morgan fingerprint density at radius 3 is 2.82 bits per heavy atom. The molecule has 22 heavy (non-hydrogen) atoms. The summed E-state index contributed by atoms with van der Waals surface area (Å²) in [6, 6.07) is 0. The lowest BCUT2D eigenvalue weighted by Gasteiger charge is -2.08. The second-order valence-electron chi connectivity index (χ2n) is 5.42. The molecule has 0 fully saturated rings. The number of aromatic amines is 1. The summed E-state index contributed by atoms with van der Waals surface area (Å²) in [4.78, 5) is 32.3. The van der Waals surface area contributed by atoms with Gasteiger partial charge in [-0.3, -0.25) is 9.59 Å². The van der Waals surface area contributed by atoms with Crippen LogP contribution < -0.4 is 10.9 Å². The number of carbonyl (C=O) groups is 1. The van der Waals surface area contributed by atoms with E-state index in [2.05, 4.69) is 15.3 Å². The average molecular weight is 323 g/mol. The lowest BCUT2D eigenvalue weighted by Crippen LogP contribution is -2.25. The fourth-order valence-electron chi connectivity index (χ4n) is 2.14. The largest absolute Gasteiger partial charge is 0.379 e. The maximum atomic E-state index is 12.2. The summed E-state index contributed by atoms with van der Waals surface area (Å²) >= 11 is 1.25. The molecule has 7 heteroatoms. The van der Waals surface area contributed by atoms with E-state index in [4.69, 9.17) is 4.74 Å². The van der Waals surface area contributed by atoms with Gasteiger partial charge >= 0.3 is 0 Å². The van der Waals surface area contributed by atoms with Crippen molar-refractivity contribution in [3.05, 3.63) is 26.6 Å². The molecule has 0 unspecified atom stereocenters. The van der Waals surface area contributed by atoms with Crippen LogP contribution in [0, 0.1) is 13.8 Å². The molecule has 0 aliphatic heterocycles. The minimum atomic E-state index is -0.194. The van der Waals surface area contributed by atoms with E-state index in [-0.39, 0.29) is 17.6 Å². The number of amides is 1. The molecule has 0 spiro atoms. The molecular formula is C15H21N3O3S. The third-order valence-corrected chi connectivity index (χ3v) is 4.37. The Labute approximate surface area is 132 Å². The van der Waals surface area contributed by atoms with Crippen molar-refractivity contribution in [1.29, 1.82) is 0 Å². The van der Waals surface area contributed by atoms with E-state index >= 15 is 0 Å². The lowest BCUT2D eigenvalue weighted by atomic mass is 10.2. The smallest absolute Gasteiger partial charge is 0.261 e. The summed E-state index contributed by atoms with van der Waals surface area (Å²) in [6.45, 7) is 8.62. The lowest BCUT2D eigenvalue weighted by molar-refractivity contribution is 0.0757. The second-order valence-corrected chi connectivity index (χ2v) is 6.42. The first kappa shape index (κ1) is 16.6. The summed E-state index contributed by atoms with van der Waals surface area (Å²) in [7, 11) is 0. The van der Waals surface area contributed by atoms with Gasteiger partial charge in [0.25, 0.3) is 11.5 Å². The molecule has 0 aromatic carbocycles. The summed E-state index contributed by atoms with van der Waals surface area (Å²) < 4.78 is 5.43. The van der Waals surface area contributed by atoms with Crippen LogP contribution in [0.25, 0.3) is 10.2 Å². The number of thiophene rings is 1. The van der Waals surface area contributed by atoms with Crippen molar-refractivity contribution in [2.45, 2.75) is 40.2 Å². The average Bonchev–Trinajstić information content (AvgIpc) is 2.75.